The van der Waals surface area contributed by atoms with Crippen molar-refractivity contribution in [2.24, 2.45) is 0 Å². The Balaban J connectivity index is 1.59. The maximum absolute atomic E-state index is 12.7. The number of hydrogen-bond donors (Lipinski definition) is 2. The van der Waals surface area contributed by atoms with Gasteiger partial charge in [-0.05, 0) is 61.5 Å². The van der Waals surface area contributed by atoms with Gasteiger partial charge < -0.3 is 15.1 Å². The number of amides is 2. The second-order valence-electron chi connectivity index (χ2n) is 7.28. The van der Waals surface area contributed by atoms with Gasteiger partial charge in [-0.3, -0.25) is 14.5 Å². The molecule has 0 radical (unpaired) electrons. The second kappa shape index (κ2) is 11.1. The Morgan fingerprint density at radius 3 is 2.23 bits per heavy atom. The van der Waals surface area contributed by atoms with Gasteiger partial charge in [0.2, 0.25) is 0 Å². The lowest BCUT2D eigenvalue weighted by Crippen LogP contribution is -2.45. The second-order valence-corrected chi connectivity index (χ2v) is 7.28. The molecular weight excluding hydrogens is 390 g/mol. The van der Waals surface area contributed by atoms with Crippen LogP contribution in [0.4, 0.5) is 5.69 Å². The molecule has 6 nitrogen and oxygen atoms in total. The van der Waals surface area contributed by atoms with Crippen molar-refractivity contribution in [1.82, 2.24) is 10.2 Å². The quantitative estimate of drug-likeness (QED) is 0.516. The van der Waals surface area contributed by atoms with Crippen LogP contribution in [0.15, 0.2) is 77.4 Å². The van der Waals surface area contributed by atoms with E-state index in [2.05, 4.69) is 41.5 Å². The molecule has 1 atom stereocenters. The van der Waals surface area contributed by atoms with Crippen LogP contribution in [0.3, 0.4) is 0 Å². The highest BCUT2D eigenvalue weighted by Crippen LogP contribution is 2.13. The van der Waals surface area contributed by atoms with E-state index in [1.165, 1.54) is 11.8 Å². The van der Waals surface area contributed by atoms with Crippen molar-refractivity contribution in [3.63, 3.8) is 0 Å². The van der Waals surface area contributed by atoms with Crippen molar-refractivity contribution in [1.29, 1.82) is 0 Å². The Morgan fingerprint density at radius 2 is 1.61 bits per heavy atom. The molecule has 6 heteroatoms. The van der Waals surface area contributed by atoms with Crippen LogP contribution in [0.1, 0.15) is 40.3 Å². The van der Waals surface area contributed by atoms with Gasteiger partial charge in [0.25, 0.3) is 11.8 Å². The van der Waals surface area contributed by atoms with E-state index >= 15 is 0 Å². The zero-order valence-corrected chi connectivity index (χ0v) is 18.0. The van der Waals surface area contributed by atoms with E-state index in [4.69, 9.17) is 4.42 Å². The fraction of sp³-hybridized carbons (Fsp3) is 0.280. The molecule has 2 N–H and O–H groups in total. The molecule has 3 aromatic rings. The Bertz CT molecular complexity index is 949. The number of likely N-dealkylation sites (N-methyl/N-ethyl adjacent to an activating group) is 1. The van der Waals surface area contributed by atoms with Crippen molar-refractivity contribution in [3.8, 4) is 0 Å². The molecule has 2 aromatic carbocycles. The summed E-state index contributed by atoms with van der Waals surface area (Å²) in [6.07, 6.45) is 2.33. The number of carbonyl (C=O) groups is 2. The van der Waals surface area contributed by atoms with Crippen LogP contribution in [0, 0.1) is 0 Å². The van der Waals surface area contributed by atoms with Gasteiger partial charge in [-0.2, -0.15) is 0 Å². The summed E-state index contributed by atoms with van der Waals surface area (Å²) in [4.78, 5) is 27.1. The zero-order valence-electron chi connectivity index (χ0n) is 18.0. The van der Waals surface area contributed by atoms with Crippen LogP contribution >= 0.6 is 0 Å². The van der Waals surface area contributed by atoms with E-state index in [-0.39, 0.29) is 23.6 Å². The molecule has 0 aliphatic rings. The van der Waals surface area contributed by atoms with Crippen molar-refractivity contribution in [2.45, 2.75) is 26.3 Å². The molecule has 0 spiro atoms. The Morgan fingerprint density at radius 1 is 0.903 bits per heavy atom. The fourth-order valence-corrected chi connectivity index (χ4v) is 3.57. The number of nitrogens with one attached hydrogen (secondary N) is 2. The van der Waals surface area contributed by atoms with Crippen molar-refractivity contribution in [2.75, 3.05) is 25.0 Å². The van der Waals surface area contributed by atoms with E-state index in [0.717, 1.165) is 19.5 Å². The summed E-state index contributed by atoms with van der Waals surface area (Å²) in [6.45, 7) is 6.69. The van der Waals surface area contributed by atoms with Gasteiger partial charge in [0.1, 0.15) is 0 Å². The van der Waals surface area contributed by atoms with Crippen LogP contribution in [0.25, 0.3) is 0 Å². The van der Waals surface area contributed by atoms with E-state index in [1.54, 1.807) is 36.4 Å². The number of benzene rings is 2. The average Bonchev–Trinajstić information content (AvgIpc) is 3.34. The monoisotopic (exact) mass is 419 g/mol. The predicted molar refractivity (Wildman–Crippen MR) is 122 cm³/mol. The molecule has 0 fully saturated rings. The van der Waals surface area contributed by atoms with Gasteiger partial charge in [0.15, 0.2) is 5.76 Å². The highest BCUT2D eigenvalue weighted by Gasteiger charge is 2.18. The summed E-state index contributed by atoms with van der Waals surface area (Å²) in [7, 11) is 0. The lowest BCUT2D eigenvalue weighted by Gasteiger charge is -2.30. The molecule has 0 bridgehead atoms. The number of hydrogen-bond acceptors (Lipinski definition) is 4. The van der Waals surface area contributed by atoms with E-state index in [0.29, 0.717) is 17.8 Å². The fourth-order valence-electron chi connectivity index (χ4n) is 3.57. The number of nitrogens with zero attached hydrogens (tertiary/aromatic N) is 1. The number of anilines is 1. The van der Waals surface area contributed by atoms with E-state index in [9.17, 15) is 9.59 Å². The van der Waals surface area contributed by atoms with Gasteiger partial charge in [-0.25, -0.2) is 0 Å². The molecule has 1 unspecified atom stereocenters. The summed E-state index contributed by atoms with van der Waals surface area (Å²) in [5.41, 5.74) is 2.40. The lowest BCUT2D eigenvalue weighted by molar-refractivity contribution is 0.0934. The van der Waals surface area contributed by atoms with Crippen molar-refractivity contribution < 1.29 is 14.0 Å². The van der Waals surface area contributed by atoms with Gasteiger partial charge in [0.05, 0.1) is 6.26 Å². The summed E-state index contributed by atoms with van der Waals surface area (Å²) in [6, 6.07) is 20.6. The van der Waals surface area contributed by atoms with Crippen LogP contribution in [-0.4, -0.2) is 42.4 Å². The third kappa shape index (κ3) is 6.30. The topological polar surface area (TPSA) is 74.6 Å². The summed E-state index contributed by atoms with van der Waals surface area (Å²) < 4.78 is 5.08. The first-order valence-corrected chi connectivity index (χ1v) is 10.6. The Labute approximate surface area is 183 Å². The molecule has 0 saturated heterocycles. The number of rotatable bonds is 10. The van der Waals surface area contributed by atoms with Gasteiger partial charge in [-0.1, -0.05) is 44.2 Å². The minimum atomic E-state index is -0.329. The molecule has 3 rings (SSSR count). The van der Waals surface area contributed by atoms with Crippen LogP contribution in [0.2, 0.25) is 0 Å². The van der Waals surface area contributed by atoms with Gasteiger partial charge in [-0.15, -0.1) is 0 Å². The van der Waals surface area contributed by atoms with Gasteiger partial charge in [0, 0.05) is 23.8 Å². The minimum absolute atomic E-state index is 0.130. The highest BCUT2D eigenvalue weighted by atomic mass is 16.3. The summed E-state index contributed by atoms with van der Waals surface area (Å²) in [5, 5.41) is 5.82. The smallest absolute Gasteiger partial charge is 0.291 e. The van der Waals surface area contributed by atoms with Crippen molar-refractivity contribution in [3.05, 3.63) is 89.9 Å². The largest absolute Gasteiger partial charge is 0.459 e. The number of furan rings is 1. The molecule has 0 saturated carbocycles. The molecule has 31 heavy (non-hydrogen) atoms. The molecule has 0 aliphatic heterocycles. The third-order valence-corrected chi connectivity index (χ3v) is 5.29. The van der Waals surface area contributed by atoms with Gasteiger partial charge >= 0.3 is 0 Å². The van der Waals surface area contributed by atoms with E-state index < -0.39 is 0 Å². The zero-order chi connectivity index (χ0) is 22.1. The standard InChI is InChI=1S/C25H29N3O3/c1-3-28(4-2)22(17-19-9-6-5-7-10-19)18-26-24(29)20-12-14-21(15-13-20)27-25(30)23-11-8-16-31-23/h5-16,22H,3-4,17-18H2,1-2H3,(H,26,29)(H,27,30). The maximum Gasteiger partial charge on any atom is 0.291 e. The highest BCUT2D eigenvalue weighted by molar-refractivity contribution is 6.02. The van der Waals surface area contributed by atoms with Crippen LogP contribution < -0.4 is 10.6 Å². The van der Waals surface area contributed by atoms with Crippen molar-refractivity contribution >= 4 is 17.5 Å². The maximum atomic E-state index is 12.7. The summed E-state index contributed by atoms with van der Waals surface area (Å²) >= 11 is 0. The third-order valence-electron chi connectivity index (χ3n) is 5.29. The SMILES string of the molecule is CCN(CC)C(CNC(=O)c1ccc(NC(=O)c2ccco2)cc1)Cc1ccccc1. The molecule has 0 aliphatic carbocycles. The number of carbonyl (C=O) groups excluding carboxylic acids is 2. The molecular formula is C25H29N3O3. The molecule has 1 heterocycles. The predicted octanol–water partition coefficient (Wildman–Crippen LogP) is 4.21. The van der Waals surface area contributed by atoms with Crippen LogP contribution in [-0.2, 0) is 6.42 Å². The first-order chi connectivity index (χ1) is 15.1. The average molecular weight is 420 g/mol. The van der Waals surface area contributed by atoms with Crippen LogP contribution in [0.5, 0.6) is 0 Å². The normalized spacial score (nSPS) is 11.8. The Hall–Kier alpha value is -3.38. The lowest BCUT2D eigenvalue weighted by atomic mass is 10.0. The molecule has 1 aromatic heterocycles. The first kappa shape index (κ1) is 22.3. The van der Waals surface area contributed by atoms with E-state index in [1.807, 2.05) is 18.2 Å². The first-order valence-electron chi connectivity index (χ1n) is 10.6. The summed E-state index contributed by atoms with van der Waals surface area (Å²) in [5.74, 6) is -0.220. The molecule has 2 amide bonds. The molecule has 162 valence electrons. The Kier molecular flexibility index (Phi) is 8.01. The minimum Gasteiger partial charge on any atom is -0.459 e.